The van der Waals surface area contributed by atoms with Crippen molar-refractivity contribution < 1.29 is 32.2 Å². The molecule has 23 heavy (non-hydrogen) atoms. The molecule has 0 aliphatic carbocycles. The molecule has 1 amide bonds. The number of nitrogens with one attached hydrogen (secondary N) is 1. The molecule has 0 bridgehead atoms. The normalized spacial score (nSPS) is 19.6. The van der Waals surface area contributed by atoms with Gasteiger partial charge in [0, 0.05) is 19.1 Å². The van der Waals surface area contributed by atoms with Gasteiger partial charge in [-0.25, -0.2) is 0 Å². The van der Waals surface area contributed by atoms with E-state index in [1.54, 1.807) is 20.8 Å². The number of ether oxygens (including phenoxy) is 3. The Kier molecular flexibility index (Phi) is 8.28. The fourth-order valence-electron chi connectivity index (χ4n) is 2.15. The van der Waals surface area contributed by atoms with Crippen molar-refractivity contribution in [1.82, 2.24) is 5.32 Å². The lowest BCUT2D eigenvalue weighted by atomic mass is 10.0. The number of alkyl halides is 3. The molecule has 1 heterocycles. The molecular weight excluding hydrogens is 315 g/mol. The van der Waals surface area contributed by atoms with Crippen molar-refractivity contribution in [3.63, 3.8) is 0 Å². The summed E-state index contributed by atoms with van der Waals surface area (Å²) in [6.45, 7) is 6.10. The summed E-state index contributed by atoms with van der Waals surface area (Å²) < 4.78 is 51.6. The van der Waals surface area contributed by atoms with Gasteiger partial charge in [0.15, 0.2) is 0 Å². The predicted molar refractivity (Wildman–Crippen MR) is 77.7 cm³/mol. The van der Waals surface area contributed by atoms with Gasteiger partial charge in [0.2, 0.25) is 5.91 Å². The Morgan fingerprint density at radius 1 is 1.26 bits per heavy atom. The fourth-order valence-corrected chi connectivity index (χ4v) is 2.15. The van der Waals surface area contributed by atoms with Crippen LogP contribution in [0.2, 0.25) is 0 Å². The van der Waals surface area contributed by atoms with Crippen molar-refractivity contribution in [1.29, 1.82) is 0 Å². The largest absolute Gasteiger partial charge is 0.522 e. The third kappa shape index (κ3) is 8.53. The number of hydrogen-bond acceptors (Lipinski definition) is 4. The molecule has 5 nitrogen and oxygen atoms in total. The van der Waals surface area contributed by atoms with E-state index in [2.05, 4.69) is 10.1 Å². The number of hydrogen-bond donors (Lipinski definition) is 1. The smallest absolute Gasteiger partial charge is 0.381 e. The molecule has 0 saturated carbocycles. The Labute approximate surface area is 134 Å². The Morgan fingerprint density at radius 2 is 1.87 bits per heavy atom. The maximum Gasteiger partial charge on any atom is 0.522 e. The topological polar surface area (TPSA) is 56.8 Å². The molecule has 2 unspecified atom stereocenters. The molecule has 1 rings (SSSR count). The summed E-state index contributed by atoms with van der Waals surface area (Å²) in [5, 5.41) is 2.56. The number of amides is 1. The molecule has 0 aromatic carbocycles. The van der Waals surface area contributed by atoms with Gasteiger partial charge >= 0.3 is 6.36 Å². The van der Waals surface area contributed by atoms with Gasteiger partial charge in [-0.05, 0) is 25.7 Å². The van der Waals surface area contributed by atoms with Gasteiger partial charge in [0.05, 0.1) is 25.4 Å². The minimum absolute atomic E-state index is 0.328. The number of carbonyl (C=O) groups is 1. The number of rotatable bonds is 8. The molecule has 0 spiro atoms. The van der Waals surface area contributed by atoms with Crippen molar-refractivity contribution in [3.8, 4) is 0 Å². The van der Waals surface area contributed by atoms with Gasteiger partial charge < -0.3 is 14.8 Å². The van der Waals surface area contributed by atoms with Crippen LogP contribution in [0.3, 0.4) is 0 Å². The lowest BCUT2D eigenvalue weighted by molar-refractivity contribution is -0.327. The highest BCUT2D eigenvalue weighted by molar-refractivity contribution is 5.78. The average molecular weight is 341 g/mol. The van der Waals surface area contributed by atoms with Gasteiger partial charge in [0.1, 0.15) is 0 Å². The lowest BCUT2D eigenvalue weighted by Crippen LogP contribution is -2.48. The molecule has 1 saturated heterocycles. The highest BCUT2D eigenvalue weighted by Gasteiger charge is 2.33. The quantitative estimate of drug-likeness (QED) is 0.737. The van der Waals surface area contributed by atoms with Gasteiger partial charge in [-0.3, -0.25) is 9.53 Å². The summed E-state index contributed by atoms with van der Waals surface area (Å²) in [5.41, 5.74) is 0. The lowest BCUT2D eigenvalue weighted by Gasteiger charge is -2.29. The van der Waals surface area contributed by atoms with Crippen LogP contribution in [0.25, 0.3) is 0 Å². The van der Waals surface area contributed by atoms with Gasteiger partial charge in [-0.1, -0.05) is 13.8 Å². The molecule has 1 aliphatic heterocycles. The van der Waals surface area contributed by atoms with Crippen LogP contribution in [0.5, 0.6) is 0 Å². The van der Waals surface area contributed by atoms with Crippen molar-refractivity contribution in [3.05, 3.63) is 0 Å². The van der Waals surface area contributed by atoms with Crippen molar-refractivity contribution in [2.24, 2.45) is 11.8 Å². The van der Waals surface area contributed by atoms with Gasteiger partial charge in [-0.15, -0.1) is 13.2 Å². The van der Waals surface area contributed by atoms with Crippen LogP contribution >= 0.6 is 0 Å². The molecule has 2 atom stereocenters. The van der Waals surface area contributed by atoms with Crippen LogP contribution in [-0.2, 0) is 19.0 Å². The second-order valence-electron chi connectivity index (χ2n) is 6.12. The zero-order valence-corrected chi connectivity index (χ0v) is 13.8. The molecule has 1 N–H and O–H groups in total. The summed E-state index contributed by atoms with van der Waals surface area (Å²) in [6, 6.07) is -0.855. The van der Waals surface area contributed by atoms with Crippen LogP contribution in [-0.4, -0.2) is 50.8 Å². The highest BCUT2D eigenvalue weighted by atomic mass is 19.4. The Hall–Kier alpha value is -0.860. The Balaban J connectivity index is 2.51. The van der Waals surface area contributed by atoms with E-state index in [0.717, 1.165) is 12.8 Å². The summed E-state index contributed by atoms with van der Waals surface area (Å²) >= 11 is 0. The second-order valence-corrected chi connectivity index (χ2v) is 6.12. The average Bonchev–Trinajstić information content (AvgIpc) is 2.48. The zero-order valence-electron chi connectivity index (χ0n) is 13.8. The minimum Gasteiger partial charge on any atom is -0.381 e. The Bertz CT molecular complexity index is 357. The zero-order chi connectivity index (χ0) is 17.5. The van der Waals surface area contributed by atoms with E-state index in [9.17, 15) is 18.0 Å². The van der Waals surface area contributed by atoms with E-state index in [1.165, 1.54) is 0 Å². The summed E-state index contributed by atoms with van der Waals surface area (Å²) in [5.74, 6) is -0.329. The maximum absolute atomic E-state index is 12.3. The molecule has 8 heteroatoms. The van der Waals surface area contributed by atoms with E-state index in [-0.39, 0.29) is 11.8 Å². The summed E-state index contributed by atoms with van der Waals surface area (Å²) in [7, 11) is 0. The first-order valence-electron chi connectivity index (χ1n) is 7.89. The van der Waals surface area contributed by atoms with Crippen LogP contribution in [0.1, 0.15) is 33.6 Å². The van der Waals surface area contributed by atoms with Gasteiger partial charge in [-0.2, -0.15) is 0 Å². The number of carbonyl (C=O) groups excluding carboxylic acids is 1. The Morgan fingerprint density at radius 3 is 2.39 bits per heavy atom. The second kappa shape index (κ2) is 9.44. The summed E-state index contributed by atoms with van der Waals surface area (Å²) in [4.78, 5) is 11.8. The first-order valence-corrected chi connectivity index (χ1v) is 7.89. The van der Waals surface area contributed by atoms with E-state index in [1.807, 2.05) is 0 Å². The number of halogens is 3. The predicted octanol–water partition coefficient (Wildman–Crippen LogP) is 2.50. The molecule has 0 aromatic rings. The van der Waals surface area contributed by atoms with E-state index >= 15 is 0 Å². The SMILES string of the molecule is CC(C)C(=O)NC(COC(F)(F)F)C(C)OCC1CCOCC1. The van der Waals surface area contributed by atoms with Crippen LogP contribution in [0, 0.1) is 11.8 Å². The molecule has 1 aliphatic rings. The molecular formula is C15H26F3NO4. The molecule has 1 fully saturated rings. The van der Waals surface area contributed by atoms with E-state index in [4.69, 9.17) is 9.47 Å². The first-order chi connectivity index (χ1) is 10.7. The molecule has 0 aromatic heterocycles. The van der Waals surface area contributed by atoms with Crippen molar-refractivity contribution >= 4 is 5.91 Å². The van der Waals surface area contributed by atoms with E-state index in [0.29, 0.717) is 25.7 Å². The molecule has 136 valence electrons. The van der Waals surface area contributed by atoms with Crippen LogP contribution in [0.15, 0.2) is 0 Å². The first kappa shape index (κ1) is 20.2. The third-order valence-electron chi connectivity index (χ3n) is 3.78. The fraction of sp³-hybridized carbons (Fsp3) is 0.933. The summed E-state index contributed by atoms with van der Waals surface area (Å²) in [6.07, 6.45) is -3.58. The van der Waals surface area contributed by atoms with Crippen molar-refractivity contribution in [2.75, 3.05) is 26.4 Å². The van der Waals surface area contributed by atoms with Crippen LogP contribution in [0.4, 0.5) is 13.2 Å². The highest BCUT2D eigenvalue weighted by Crippen LogP contribution is 2.19. The van der Waals surface area contributed by atoms with E-state index < -0.39 is 25.1 Å². The standard InChI is InChI=1S/C15H26F3NO4/c1-10(2)14(20)19-13(9-23-15(16,17)18)11(3)22-8-12-4-6-21-7-5-12/h10-13H,4-9H2,1-3H3,(H,19,20). The maximum atomic E-state index is 12.3. The third-order valence-corrected chi connectivity index (χ3v) is 3.78. The van der Waals surface area contributed by atoms with Crippen LogP contribution < -0.4 is 5.32 Å². The van der Waals surface area contributed by atoms with Crippen molar-refractivity contribution in [2.45, 2.75) is 52.1 Å². The molecule has 0 radical (unpaired) electrons. The monoisotopic (exact) mass is 341 g/mol. The van der Waals surface area contributed by atoms with Gasteiger partial charge in [0.25, 0.3) is 0 Å². The minimum atomic E-state index is -4.73.